The molecule has 1 saturated heterocycles. The van der Waals surface area contributed by atoms with Crippen LogP contribution in [0.15, 0.2) is 43.0 Å². The molecule has 124 valence electrons. The largest absolute Gasteiger partial charge is 0.497 e. The van der Waals surface area contributed by atoms with E-state index in [2.05, 4.69) is 70.5 Å². The van der Waals surface area contributed by atoms with Crippen LogP contribution in [0.5, 0.6) is 5.75 Å². The van der Waals surface area contributed by atoms with Crippen LogP contribution in [0.4, 0.5) is 0 Å². The fourth-order valence-electron chi connectivity index (χ4n) is 2.83. The molecular weight excluding hydrogens is 324 g/mol. The molecule has 0 amide bonds. The number of imidazole rings is 1. The summed E-state index contributed by atoms with van der Waals surface area (Å²) in [5.74, 6) is 4.26. The topological polar surface area (TPSA) is 27.1 Å². The summed E-state index contributed by atoms with van der Waals surface area (Å²) in [7, 11) is 1.72. The monoisotopic (exact) mass is 348 g/mol. The molecule has 1 aromatic carbocycles. The molecule has 1 aliphatic heterocycles. The smallest absolute Gasteiger partial charge is 0.118 e. The Kier molecular flexibility index (Phi) is 5.59. The number of hydrogen-bond acceptors (Lipinski definition) is 4. The molecule has 0 aliphatic carbocycles. The van der Waals surface area contributed by atoms with Gasteiger partial charge in [-0.15, -0.1) is 23.5 Å². The number of methoxy groups -OCH3 is 1. The second-order valence-corrected chi connectivity index (χ2v) is 8.82. The summed E-state index contributed by atoms with van der Waals surface area (Å²) in [4.78, 5) is 4.16. The summed E-state index contributed by atoms with van der Waals surface area (Å²) >= 11 is 4.24. The average molecular weight is 349 g/mol. The van der Waals surface area contributed by atoms with E-state index in [-0.39, 0.29) is 4.08 Å². The van der Waals surface area contributed by atoms with Crippen LogP contribution in [-0.2, 0) is 10.6 Å². The predicted octanol–water partition coefficient (Wildman–Crippen LogP) is 4.64. The average Bonchev–Trinajstić information content (AvgIpc) is 3.14. The van der Waals surface area contributed by atoms with E-state index in [0.29, 0.717) is 0 Å². The quantitative estimate of drug-likeness (QED) is 0.760. The molecule has 0 atom stereocenters. The predicted molar refractivity (Wildman–Crippen MR) is 100 cm³/mol. The van der Waals surface area contributed by atoms with E-state index in [9.17, 15) is 0 Å². The highest BCUT2D eigenvalue weighted by Gasteiger charge is 2.37. The lowest BCUT2D eigenvalue weighted by Crippen LogP contribution is -2.28. The molecule has 2 aromatic rings. The maximum Gasteiger partial charge on any atom is 0.118 e. The number of rotatable bonds is 6. The van der Waals surface area contributed by atoms with Crippen LogP contribution in [0.1, 0.15) is 25.3 Å². The third kappa shape index (κ3) is 3.89. The third-order valence-electron chi connectivity index (χ3n) is 4.47. The zero-order chi connectivity index (χ0) is 16.1. The van der Waals surface area contributed by atoms with E-state index < -0.39 is 0 Å². The van der Waals surface area contributed by atoms with Crippen molar-refractivity contribution in [2.24, 2.45) is 5.92 Å². The van der Waals surface area contributed by atoms with Crippen LogP contribution in [-0.4, -0.2) is 28.2 Å². The van der Waals surface area contributed by atoms with Gasteiger partial charge >= 0.3 is 0 Å². The minimum absolute atomic E-state index is 0.141. The molecule has 0 unspecified atom stereocenters. The first kappa shape index (κ1) is 16.8. The van der Waals surface area contributed by atoms with Crippen molar-refractivity contribution in [2.75, 3.05) is 18.6 Å². The first-order chi connectivity index (χ1) is 11.3. The maximum atomic E-state index is 5.32. The summed E-state index contributed by atoms with van der Waals surface area (Å²) in [6.07, 6.45) is 8.21. The van der Waals surface area contributed by atoms with E-state index >= 15 is 0 Å². The second kappa shape index (κ2) is 7.67. The number of aryl methyl sites for hydroxylation is 1. The number of nitrogens with zero attached hydrogens (tertiary/aromatic N) is 2. The minimum atomic E-state index is 0.141. The van der Waals surface area contributed by atoms with Crippen LogP contribution in [0.25, 0.3) is 0 Å². The Balaban J connectivity index is 1.80. The van der Waals surface area contributed by atoms with Gasteiger partial charge in [-0.3, -0.25) is 0 Å². The van der Waals surface area contributed by atoms with Crippen LogP contribution >= 0.6 is 23.5 Å². The summed E-state index contributed by atoms with van der Waals surface area (Å²) in [6.45, 7) is 3.31. The van der Waals surface area contributed by atoms with E-state index in [4.69, 9.17) is 4.74 Å². The molecule has 1 aliphatic rings. The van der Waals surface area contributed by atoms with Gasteiger partial charge in [0.05, 0.1) is 17.5 Å². The summed E-state index contributed by atoms with van der Waals surface area (Å²) in [6, 6.07) is 8.64. The number of thioether (sulfide) groups is 2. The Bertz CT molecular complexity index is 590. The zero-order valence-corrected chi connectivity index (χ0v) is 15.4. The minimum Gasteiger partial charge on any atom is -0.497 e. The first-order valence-corrected chi connectivity index (χ1v) is 10.1. The fraction of sp³-hybridized carbons (Fsp3) is 0.500. The maximum absolute atomic E-state index is 5.32. The number of benzene rings is 1. The molecule has 0 saturated carbocycles. The summed E-state index contributed by atoms with van der Waals surface area (Å²) in [5, 5.41) is 0. The molecule has 2 heterocycles. The number of hydrogen-bond donors (Lipinski definition) is 0. The van der Waals surface area contributed by atoms with Crippen LogP contribution < -0.4 is 4.74 Å². The van der Waals surface area contributed by atoms with Crippen molar-refractivity contribution < 1.29 is 4.74 Å². The molecule has 23 heavy (non-hydrogen) atoms. The van der Waals surface area contributed by atoms with Gasteiger partial charge in [0.25, 0.3) is 0 Å². The lowest BCUT2D eigenvalue weighted by molar-refractivity contribution is 0.414. The number of aromatic nitrogens is 2. The van der Waals surface area contributed by atoms with Gasteiger partial charge in [-0.2, -0.15) is 0 Å². The summed E-state index contributed by atoms with van der Waals surface area (Å²) in [5.41, 5.74) is 1.41. The van der Waals surface area contributed by atoms with Crippen molar-refractivity contribution in [3.8, 4) is 5.75 Å². The Morgan fingerprint density at radius 2 is 2.00 bits per heavy atom. The SMILES string of the molecule is CCC1CSC(CCn2ccnc2)(c2ccc(OC)cc2)SC1. The van der Waals surface area contributed by atoms with Gasteiger partial charge in [0.15, 0.2) is 0 Å². The Morgan fingerprint density at radius 1 is 1.26 bits per heavy atom. The molecule has 5 heteroatoms. The first-order valence-electron chi connectivity index (χ1n) is 8.14. The lowest BCUT2D eigenvalue weighted by atomic mass is 10.1. The molecule has 3 rings (SSSR count). The zero-order valence-electron chi connectivity index (χ0n) is 13.8. The van der Waals surface area contributed by atoms with Crippen molar-refractivity contribution in [2.45, 2.75) is 30.4 Å². The normalized spacial score (nSPS) is 24.5. The highest BCUT2D eigenvalue weighted by atomic mass is 32.2. The van der Waals surface area contributed by atoms with Gasteiger partial charge in [0.2, 0.25) is 0 Å². The van der Waals surface area contributed by atoms with Crippen molar-refractivity contribution in [1.82, 2.24) is 9.55 Å². The summed E-state index contributed by atoms with van der Waals surface area (Å²) < 4.78 is 7.64. The Morgan fingerprint density at radius 3 is 2.57 bits per heavy atom. The molecule has 0 bridgehead atoms. The highest BCUT2D eigenvalue weighted by molar-refractivity contribution is 8.18. The molecular formula is C18H24N2OS2. The Labute approximate surface area is 147 Å². The van der Waals surface area contributed by atoms with E-state index in [1.807, 2.05) is 12.5 Å². The van der Waals surface area contributed by atoms with Gasteiger partial charge in [-0.1, -0.05) is 25.5 Å². The lowest BCUT2D eigenvalue weighted by Gasteiger charge is -2.39. The standard InChI is InChI=1S/C18H24N2OS2/c1-3-15-12-22-18(23-13-15,8-10-20-11-9-19-14-20)16-4-6-17(21-2)7-5-16/h4-7,9,11,14-15H,3,8,10,12-13H2,1-2H3. The van der Waals surface area contributed by atoms with Crippen LogP contribution in [0.2, 0.25) is 0 Å². The van der Waals surface area contributed by atoms with Crippen molar-refractivity contribution in [3.05, 3.63) is 48.5 Å². The van der Waals surface area contributed by atoms with E-state index in [1.165, 1.54) is 23.5 Å². The second-order valence-electron chi connectivity index (χ2n) is 5.93. The van der Waals surface area contributed by atoms with Crippen molar-refractivity contribution >= 4 is 23.5 Å². The highest BCUT2D eigenvalue weighted by Crippen LogP contribution is 2.54. The van der Waals surface area contributed by atoms with E-state index in [1.54, 1.807) is 7.11 Å². The molecule has 1 fully saturated rings. The van der Waals surface area contributed by atoms with E-state index in [0.717, 1.165) is 24.6 Å². The van der Waals surface area contributed by atoms with Gasteiger partial charge in [-0.05, 0) is 41.5 Å². The van der Waals surface area contributed by atoms with Gasteiger partial charge in [0.1, 0.15) is 5.75 Å². The van der Waals surface area contributed by atoms with Crippen LogP contribution in [0, 0.1) is 5.92 Å². The van der Waals surface area contributed by atoms with Gasteiger partial charge < -0.3 is 9.30 Å². The molecule has 0 spiro atoms. The fourth-order valence-corrected chi connectivity index (χ4v) is 6.51. The van der Waals surface area contributed by atoms with Gasteiger partial charge in [0, 0.05) is 18.9 Å². The molecule has 0 N–H and O–H groups in total. The van der Waals surface area contributed by atoms with Gasteiger partial charge in [-0.25, -0.2) is 4.98 Å². The molecule has 0 radical (unpaired) electrons. The Hall–Kier alpha value is -1.07. The third-order valence-corrected chi connectivity index (χ3v) is 8.27. The molecule has 1 aromatic heterocycles. The van der Waals surface area contributed by atoms with Crippen LogP contribution in [0.3, 0.4) is 0 Å². The number of ether oxygens (including phenoxy) is 1. The molecule has 3 nitrogen and oxygen atoms in total. The van der Waals surface area contributed by atoms with Crippen molar-refractivity contribution in [1.29, 1.82) is 0 Å². The van der Waals surface area contributed by atoms with Crippen molar-refractivity contribution in [3.63, 3.8) is 0 Å².